The highest BCUT2D eigenvalue weighted by molar-refractivity contribution is 5.31. The Bertz CT molecular complexity index is 262. The lowest BCUT2D eigenvalue weighted by atomic mass is 9.98. The second-order valence-corrected chi connectivity index (χ2v) is 3.45. The zero-order valence-corrected chi connectivity index (χ0v) is 7.93. The van der Waals surface area contributed by atoms with Gasteiger partial charge in [-0.2, -0.15) is 0 Å². The van der Waals surface area contributed by atoms with Gasteiger partial charge in [-0.3, -0.25) is 0 Å². The molecule has 1 aliphatic carbocycles. The van der Waals surface area contributed by atoms with Crippen LogP contribution in [-0.4, -0.2) is 43.2 Å². The Morgan fingerprint density at radius 1 is 1.43 bits per heavy atom. The van der Waals surface area contributed by atoms with Gasteiger partial charge in [0.1, 0.15) is 12.2 Å². The van der Waals surface area contributed by atoms with Crippen LogP contribution >= 0.6 is 0 Å². The van der Waals surface area contributed by atoms with Crippen molar-refractivity contribution < 1.29 is 14.6 Å². The Morgan fingerprint density at radius 2 is 2.14 bits per heavy atom. The smallest absolute Gasteiger partial charge is 0.106 e. The molecule has 0 aromatic heterocycles. The first kappa shape index (κ1) is 9.86. The van der Waals surface area contributed by atoms with Gasteiger partial charge in [-0.15, -0.1) is 0 Å². The van der Waals surface area contributed by atoms with Crippen LogP contribution in [0.4, 0.5) is 0 Å². The quantitative estimate of drug-likeness (QED) is 0.631. The Kier molecular flexibility index (Phi) is 2.98. The second kappa shape index (κ2) is 4.23. The van der Waals surface area contributed by atoms with Crippen LogP contribution in [-0.2, 0) is 9.47 Å². The lowest BCUT2D eigenvalue weighted by molar-refractivity contribution is -0.102. The molecule has 0 aromatic carbocycles. The molecule has 1 fully saturated rings. The number of hydrogen-bond donors (Lipinski definition) is 2. The highest BCUT2D eigenvalue weighted by Gasteiger charge is 2.26. The highest BCUT2D eigenvalue weighted by Crippen LogP contribution is 2.21. The molecule has 4 heteroatoms. The number of hydrogen-bond acceptors (Lipinski definition) is 4. The third kappa shape index (κ3) is 1.88. The Balaban J connectivity index is 2.08. The van der Waals surface area contributed by atoms with Crippen LogP contribution in [0.1, 0.15) is 0 Å². The van der Waals surface area contributed by atoms with Crippen molar-refractivity contribution in [2.75, 3.05) is 19.8 Å². The van der Waals surface area contributed by atoms with E-state index in [0.29, 0.717) is 13.2 Å². The largest absolute Gasteiger partial charge is 0.387 e. The average molecular weight is 197 g/mol. The summed E-state index contributed by atoms with van der Waals surface area (Å²) in [5, 5.41) is 9.53. The minimum Gasteiger partial charge on any atom is -0.387 e. The summed E-state index contributed by atoms with van der Waals surface area (Å²) in [7, 11) is 0. The zero-order chi connectivity index (χ0) is 9.97. The van der Waals surface area contributed by atoms with E-state index in [4.69, 9.17) is 15.2 Å². The summed E-state index contributed by atoms with van der Waals surface area (Å²) in [6.45, 7) is 1.47. The molecule has 78 valence electrons. The molecule has 0 bridgehead atoms. The van der Waals surface area contributed by atoms with Crippen LogP contribution in [0.3, 0.4) is 0 Å². The fourth-order valence-electron chi connectivity index (χ4n) is 1.68. The maximum atomic E-state index is 9.53. The standard InChI is InChI=1S/C10H15NO3/c11-6-8(12)7-1-2-9-10(5-7)14-4-3-13-9/h1-2,5,8-10,12H,3-4,6,11H2/t8-,9+,10-/m1/s1. The van der Waals surface area contributed by atoms with Crippen molar-refractivity contribution in [3.63, 3.8) is 0 Å². The number of fused-ring (bicyclic) bond motifs is 1. The third-order valence-corrected chi connectivity index (χ3v) is 2.47. The van der Waals surface area contributed by atoms with E-state index in [9.17, 15) is 5.11 Å². The molecule has 0 radical (unpaired) electrons. The van der Waals surface area contributed by atoms with Gasteiger partial charge in [0, 0.05) is 6.54 Å². The van der Waals surface area contributed by atoms with Crippen molar-refractivity contribution in [1.29, 1.82) is 0 Å². The van der Waals surface area contributed by atoms with E-state index >= 15 is 0 Å². The predicted molar refractivity (Wildman–Crippen MR) is 51.8 cm³/mol. The summed E-state index contributed by atoms with van der Waals surface area (Å²) in [5.41, 5.74) is 6.19. The van der Waals surface area contributed by atoms with E-state index in [-0.39, 0.29) is 18.8 Å². The monoisotopic (exact) mass is 197 g/mol. The second-order valence-electron chi connectivity index (χ2n) is 3.45. The fourth-order valence-corrected chi connectivity index (χ4v) is 1.68. The minimum atomic E-state index is -0.599. The number of aliphatic hydroxyl groups is 1. The summed E-state index contributed by atoms with van der Waals surface area (Å²) < 4.78 is 11.0. The van der Waals surface area contributed by atoms with Gasteiger partial charge in [-0.1, -0.05) is 12.2 Å². The molecule has 1 saturated heterocycles. The molecular weight excluding hydrogens is 182 g/mol. The molecule has 2 rings (SSSR count). The van der Waals surface area contributed by atoms with Gasteiger partial charge in [-0.25, -0.2) is 0 Å². The molecule has 0 unspecified atom stereocenters. The van der Waals surface area contributed by atoms with Crippen LogP contribution in [0.2, 0.25) is 0 Å². The molecule has 0 amide bonds. The van der Waals surface area contributed by atoms with Gasteiger partial charge in [0.05, 0.1) is 19.3 Å². The molecular formula is C10H15NO3. The normalized spacial score (nSPS) is 33.4. The molecule has 14 heavy (non-hydrogen) atoms. The van der Waals surface area contributed by atoms with Crippen molar-refractivity contribution in [3.05, 3.63) is 23.8 Å². The molecule has 1 aliphatic heterocycles. The van der Waals surface area contributed by atoms with Crippen molar-refractivity contribution in [2.45, 2.75) is 18.3 Å². The summed E-state index contributed by atoms with van der Waals surface area (Å²) >= 11 is 0. The van der Waals surface area contributed by atoms with Gasteiger partial charge in [0.2, 0.25) is 0 Å². The van der Waals surface area contributed by atoms with E-state index < -0.39 is 6.10 Å². The number of ether oxygens (including phenoxy) is 2. The van der Waals surface area contributed by atoms with E-state index in [1.54, 1.807) is 0 Å². The van der Waals surface area contributed by atoms with E-state index in [1.807, 2.05) is 18.2 Å². The van der Waals surface area contributed by atoms with Crippen LogP contribution in [0, 0.1) is 0 Å². The molecule has 1 heterocycles. The van der Waals surface area contributed by atoms with Crippen LogP contribution in [0.15, 0.2) is 23.8 Å². The maximum absolute atomic E-state index is 9.53. The van der Waals surface area contributed by atoms with Crippen LogP contribution in [0.25, 0.3) is 0 Å². The van der Waals surface area contributed by atoms with Gasteiger partial charge in [0.25, 0.3) is 0 Å². The van der Waals surface area contributed by atoms with Crippen molar-refractivity contribution in [3.8, 4) is 0 Å². The third-order valence-electron chi connectivity index (χ3n) is 2.47. The van der Waals surface area contributed by atoms with Gasteiger partial charge < -0.3 is 20.3 Å². The lowest BCUT2D eigenvalue weighted by Crippen LogP contribution is -2.38. The van der Waals surface area contributed by atoms with E-state index in [2.05, 4.69) is 0 Å². The molecule has 3 atom stereocenters. The van der Waals surface area contributed by atoms with Gasteiger partial charge in [0.15, 0.2) is 0 Å². The summed E-state index contributed by atoms with van der Waals surface area (Å²) in [6, 6.07) is 0. The number of aliphatic hydroxyl groups excluding tert-OH is 1. The maximum Gasteiger partial charge on any atom is 0.106 e. The van der Waals surface area contributed by atoms with Gasteiger partial charge >= 0.3 is 0 Å². The predicted octanol–water partition coefficient (Wildman–Crippen LogP) is -0.414. The molecule has 0 spiro atoms. The lowest BCUT2D eigenvalue weighted by Gasteiger charge is -2.31. The first-order valence-electron chi connectivity index (χ1n) is 4.82. The topological polar surface area (TPSA) is 64.7 Å². The first-order chi connectivity index (χ1) is 6.81. The van der Waals surface area contributed by atoms with Crippen LogP contribution < -0.4 is 5.73 Å². The Hall–Kier alpha value is -0.680. The van der Waals surface area contributed by atoms with Gasteiger partial charge in [-0.05, 0) is 11.6 Å². The minimum absolute atomic E-state index is 0.00234. The highest BCUT2D eigenvalue weighted by atomic mass is 16.6. The average Bonchev–Trinajstić information content (AvgIpc) is 2.27. The van der Waals surface area contributed by atoms with Crippen molar-refractivity contribution in [2.24, 2.45) is 5.73 Å². The molecule has 0 aromatic rings. The fraction of sp³-hybridized carbons (Fsp3) is 0.600. The Labute approximate surface area is 83.0 Å². The molecule has 3 N–H and O–H groups in total. The van der Waals surface area contributed by atoms with Crippen molar-refractivity contribution in [1.82, 2.24) is 0 Å². The Morgan fingerprint density at radius 3 is 2.86 bits per heavy atom. The SMILES string of the molecule is NC[C@@H](O)C1=C[C@H]2OCCO[C@H]2C=C1. The van der Waals surface area contributed by atoms with E-state index in [0.717, 1.165) is 5.57 Å². The van der Waals surface area contributed by atoms with E-state index in [1.165, 1.54) is 0 Å². The van der Waals surface area contributed by atoms with Crippen molar-refractivity contribution >= 4 is 0 Å². The summed E-state index contributed by atoms with van der Waals surface area (Å²) in [5.74, 6) is 0. The molecule has 0 saturated carbocycles. The number of nitrogens with two attached hydrogens (primary N) is 1. The molecule has 4 nitrogen and oxygen atoms in total. The summed E-state index contributed by atoms with van der Waals surface area (Å²) in [4.78, 5) is 0. The zero-order valence-electron chi connectivity index (χ0n) is 7.93. The first-order valence-corrected chi connectivity index (χ1v) is 4.82. The molecule has 2 aliphatic rings. The number of rotatable bonds is 2. The summed E-state index contributed by atoms with van der Waals surface area (Å²) in [6.07, 6.45) is 4.99. The van der Waals surface area contributed by atoms with Crippen LogP contribution in [0.5, 0.6) is 0 Å².